The zero-order valence-corrected chi connectivity index (χ0v) is 39.3. The van der Waals surface area contributed by atoms with Crippen molar-refractivity contribution in [2.24, 2.45) is 17.3 Å². The number of rotatable bonds is 21. The molecule has 29 nitrogen and oxygen atoms in total. The first-order valence-corrected chi connectivity index (χ1v) is 27.2. The van der Waals surface area contributed by atoms with Gasteiger partial charge in [0, 0.05) is 29.7 Å². The molecule has 2 heterocycles. The number of nitrogens with zero attached hydrogens (tertiary/aromatic N) is 6. The molecule has 0 aliphatic rings. The summed E-state index contributed by atoms with van der Waals surface area (Å²) in [5.41, 5.74) is -3.10. The van der Waals surface area contributed by atoms with Gasteiger partial charge in [0.1, 0.15) is 22.0 Å². The largest absolute Gasteiger partial charge is 0.493 e. The van der Waals surface area contributed by atoms with Gasteiger partial charge in [0.2, 0.25) is 23.7 Å². The van der Waals surface area contributed by atoms with Crippen LogP contribution in [0.2, 0.25) is 0 Å². The van der Waals surface area contributed by atoms with Gasteiger partial charge in [0.15, 0.2) is 19.7 Å². The van der Waals surface area contributed by atoms with Gasteiger partial charge in [-0.2, -0.15) is 48.6 Å². The van der Waals surface area contributed by atoms with E-state index in [9.17, 15) is 69.5 Å². The van der Waals surface area contributed by atoms with Crippen LogP contribution in [0, 0.1) is 6.92 Å². The van der Waals surface area contributed by atoms with Crippen LogP contribution >= 0.6 is 0 Å². The Morgan fingerprint density at radius 1 is 0.632 bits per heavy atom. The first-order valence-electron chi connectivity index (χ1n) is 18.2. The first-order chi connectivity index (χ1) is 31.3. The van der Waals surface area contributed by atoms with Gasteiger partial charge in [-0.1, -0.05) is 12.1 Å². The van der Waals surface area contributed by atoms with Gasteiger partial charge in [0.25, 0.3) is 25.8 Å². The number of hydrogen-bond acceptors (Lipinski definition) is 24. The van der Waals surface area contributed by atoms with Crippen molar-refractivity contribution in [2.45, 2.75) is 27.4 Å². The highest BCUT2D eigenvalue weighted by Crippen LogP contribution is 2.35. The van der Waals surface area contributed by atoms with Crippen LogP contribution in [0.1, 0.15) is 11.1 Å². The summed E-state index contributed by atoms with van der Waals surface area (Å²) in [5.74, 6) is -4.94. The van der Waals surface area contributed by atoms with E-state index >= 15 is 0 Å². The van der Waals surface area contributed by atoms with Crippen molar-refractivity contribution in [3.63, 3.8) is 0 Å². The minimum absolute atomic E-state index is 0.00184. The summed E-state index contributed by atoms with van der Waals surface area (Å²) in [4.78, 5) is 23.8. The average molecular weight is 1070 g/mol. The van der Waals surface area contributed by atoms with Crippen molar-refractivity contribution in [2.75, 3.05) is 40.7 Å². The fraction of sp³-hybridized carbons (Fsp3) is 0.212. The average Bonchev–Trinajstić information content (AvgIpc) is 3.20. The second-order valence-corrected chi connectivity index (χ2v) is 22.8. The van der Waals surface area contributed by atoms with Crippen LogP contribution < -0.4 is 21.5 Å². The fourth-order valence-electron chi connectivity index (χ4n) is 5.60. The van der Waals surface area contributed by atoms with Gasteiger partial charge in [-0.15, -0.1) is 10.2 Å². The molecule has 5 rings (SSSR count). The number of benzene rings is 3. The number of azo groups is 1. The molecule has 68 heavy (non-hydrogen) atoms. The Bertz CT molecular complexity index is 3440. The maximum atomic E-state index is 12.9. The van der Waals surface area contributed by atoms with Crippen molar-refractivity contribution < 1.29 is 82.2 Å². The lowest BCUT2D eigenvalue weighted by atomic mass is 10.1. The summed E-state index contributed by atoms with van der Waals surface area (Å²) in [6, 6.07) is 12.7. The SMILES string of the molecule is Cc1c(N=Nc2cc(Nc3nc(Nc4cccc(S(=O)(=O)CCOS(=O)(=O)O)c4)nc(Nc4cccc(S(=O)(=O)CCOS(=O)(=O)O)c4)n3)ccc2S(=O)(=O)O)c(O)n(C)c(=O)c1CS(=O)(=O)O. The molecule has 0 aliphatic carbocycles. The maximum absolute atomic E-state index is 12.9. The summed E-state index contributed by atoms with van der Waals surface area (Å²) >= 11 is 0. The molecular formula is C33H35N9O20S6. The second kappa shape index (κ2) is 20.2. The zero-order chi connectivity index (χ0) is 50.6. The molecule has 0 unspecified atom stereocenters. The Hall–Kier alpha value is -6.12. The molecule has 368 valence electrons. The van der Waals surface area contributed by atoms with Crippen LogP contribution in [0.25, 0.3) is 0 Å². The smallest absolute Gasteiger partial charge is 0.397 e. The highest BCUT2D eigenvalue weighted by atomic mass is 32.3. The van der Waals surface area contributed by atoms with Crippen LogP contribution in [0.4, 0.5) is 46.3 Å². The standard InChI is InChI=1S/C33H35N9O20S6/c1-19-25(18-65(49,50)51)29(43)42(2)30(44)28(19)41-40-26-17-22(9-10-27(26)66(52,53)54)36-33-38-31(34-20-5-3-7-23(15-20)63(45,46)13-11-61-67(55,56)57)37-32(39-33)35-21-6-4-8-24(16-21)64(47,48)14-12-62-68(58,59)60/h3-10,15-17,44H,11-14,18H2,1-2H3,(H,49,50,51)(H,52,53,54)(H,55,56,57)(H,58,59,60)(H3,34,35,36,37,38,39). The molecule has 0 fully saturated rings. The Balaban J connectivity index is 1.57. The van der Waals surface area contributed by atoms with E-state index in [1.165, 1.54) is 24.3 Å². The molecular weight excluding hydrogens is 1030 g/mol. The molecule has 2 aromatic heterocycles. The van der Waals surface area contributed by atoms with Crippen LogP contribution in [-0.2, 0) is 81.9 Å². The zero-order valence-electron chi connectivity index (χ0n) is 34.4. The molecule has 0 amide bonds. The Morgan fingerprint density at radius 3 is 1.49 bits per heavy atom. The normalized spacial score (nSPS) is 12.9. The van der Waals surface area contributed by atoms with E-state index in [4.69, 9.17) is 9.11 Å². The van der Waals surface area contributed by atoms with Gasteiger partial charge < -0.3 is 21.1 Å². The number of anilines is 6. The van der Waals surface area contributed by atoms with Crippen LogP contribution in [0.5, 0.6) is 5.88 Å². The van der Waals surface area contributed by atoms with Crippen LogP contribution in [-0.4, -0.2) is 118 Å². The molecule has 0 aliphatic heterocycles. The molecule has 8 N–H and O–H groups in total. The lowest BCUT2D eigenvalue weighted by Gasteiger charge is -2.14. The highest BCUT2D eigenvalue weighted by Gasteiger charge is 2.24. The van der Waals surface area contributed by atoms with Crippen LogP contribution in [0.15, 0.2) is 96.4 Å². The topological polar surface area (TPSA) is 446 Å². The number of nitrogens with one attached hydrogen (secondary N) is 3. The van der Waals surface area contributed by atoms with E-state index in [0.717, 1.165) is 56.4 Å². The monoisotopic (exact) mass is 1070 g/mol. The molecule has 0 saturated heterocycles. The van der Waals surface area contributed by atoms with Gasteiger partial charge in [-0.25, -0.2) is 25.2 Å². The third-order valence-corrected chi connectivity index (χ3v) is 14.5. The number of hydrogen-bond donors (Lipinski definition) is 8. The van der Waals surface area contributed by atoms with E-state index in [2.05, 4.69) is 49.5 Å². The van der Waals surface area contributed by atoms with E-state index < -0.39 is 130 Å². The van der Waals surface area contributed by atoms with Gasteiger partial charge in [-0.05, 0) is 67.1 Å². The number of aromatic hydroxyl groups is 1. The summed E-state index contributed by atoms with van der Waals surface area (Å²) < 4.78 is 189. The molecule has 0 spiro atoms. The number of sulfone groups is 2. The molecule has 35 heteroatoms. The molecule has 0 bridgehead atoms. The second-order valence-electron chi connectivity index (χ2n) is 13.6. The summed E-state index contributed by atoms with van der Waals surface area (Å²) in [6.45, 7) is -0.705. The van der Waals surface area contributed by atoms with Gasteiger partial charge in [-0.3, -0.25) is 27.6 Å². The molecule has 0 radical (unpaired) electrons. The minimum Gasteiger partial charge on any atom is -0.493 e. The lowest BCUT2D eigenvalue weighted by Crippen LogP contribution is -2.24. The number of pyridine rings is 1. The fourth-order valence-corrected chi connectivity index (χ4v) is 9.96. The van der Waals surface area contributed by atoms with Crippen molar-refractivity contribution in [3.05, 3.63) is 88.2 Å². The predicted molar refractivity (Wildman–Crippen MR) is 235 cm³/mol. The van der Waals surface area contributed by atoms with Crippen molar-refractivity contribution in [3.8, 4) is 5.88 Å². The van der Waals surface area contributed by atoms with Gasteiger partial charge >= 0.3 is 20.8 Å². The Kier molecular flexibility index (Phi) is 15.7. The first kappa shape index (κ1) is 52.8. The third-order valence-electron chi connectivity index (χ3n) is 8.68. The van der Waals surface area contributed by atoms with Crippen molar-refractivity contribution in [1.29, 1.82) is 0 Å². The third kappa shape index (κ3) is 14.7. The molecule has 3 aromatic carbocycles. The summed E-state index contributed by atoms with van der Waals surface area (Å²) in [6.07, 6.45) is 0. The molecule has 0 atom stereocenters. The summed E-state index contributed by atoms with van der Waals surface area (Å²) in [7, 11) is -27.2. The van der Waals surface area contributed by atoms with Crippen molar-refractivity contribution >= 4 is 107 Å². The van der Waals surface area contributed by atoms with E-state index in [1.54, 1.807) is 0 Å². The van der Waals surface area contributed by atoms with E-state index in [0.29, 0.717) is 4.57 Å². The maximum Gasteiger partial charge on any atom is 0.397 e. The van der Waals surface area contributed by atoms with Gasteiger partial charge in [0.05, 0.1) is 34.5 Å². The summed E-state index contributed by atoms with van der Waals surface area (Å²) in [5, 5.41) is 26.5. The van der Waals surface area contributed by atoms with Crippen LogP contribution in [0.3, 0.4) is 0 Å². The lowest BCUT2D eigenvalue weighted by molar-refractivity contribution is 0.282. The molecule has 5 aromatic rings. The van der Waals surface area contributed by atoms with E-state index in [1.807, 2.05) is 0 Å². The Labute approximate surface area is 386 Å². The number of aromatic nitrogens is 4. The highest BCUT2D eigenvalue weighted by molar-refractivity contribution is 7.91. The van der Waals surface area contributed by atoms with E-state index in [-0.39, 0.29) is 44.3 Å². The predicted octanol–water partition coefficient (Wildman–Crippen LogP) is 2.05. The quantitative estimate of drug-likeness (QED) is 0.0385. The van der Waals surface area contributed by atoms with Crippen molar-refractivity contribution in [1.82, 2.24) is 19.5 Å². The minimum atomic E-state index is -5.08. The Morgan fingerprint density at radius 2 is 1.07 bits per heavy atom. The molecule has 0 saturated carbocycles.